The lowest BCUT2D eigenvalue weighted by molar-refractivity contribution is -0.124. The Bertz CT molecular complexity index is 846. The van der Waals surface area contributed by atoms with Gasteiger partial charge in [0.25, 0.3) is 17.1 Å². The van der Waals surface area contributed by atoms with Crippen molar-refractivity contribution in [2.45, 2.75) is 6.42 Å². The van der Waals surface area contributed by atoms with Crippen LogP contribution in [-0.2, 0) is 4.79 Å². The van der Waals surface area contributed by atoms with Crippen LogP contribution in [0, 0.1) is 0 Å². The van der Waals surface area contributed by atoms with Crippen molar-refractivity contribution < 1.29 is 24.0 Å². The molecule has 0 radical (unpaired) electrons. The van der Waals surface area contributed by atoms with Gasteiger partial charge in [0.1, 0.15) is 0 Å². The second-order valence-corrected chi connectivity index (χ2v) is 7.93. The highest BCUT2D eigenvalue weighted by atomic mass is 79.9. The molecule has 0 aromatic heterocycles. The van der Waals surface area contributed by atoms with E-state index in [2.05, 4.69) is 26.6 Å². The lowest BCUT2D eigenvalue weighted by Gasteiger charge is -2.15. The first-order chi connectivity index (χ1) is 13.4. The van der Waals surface area contributed by atoms with Gasteiger partial charge in [-0.2, -0.15) is 0 Å². The number of rotatable bonds is 7. The molecule has 6 amide bonds. The maximum Gasteiger partial charge on any atom is 0.314 e. The summed E-state index contributed by atoms with van der Waals surface area (Å²) >= 11 is 4.23. The van der Waals surface area contributed by atoms with Crippen LogP contribution in [-0.4, -0.2) is 70.7 Å². The zero-order valence-electron chi connectivity index (χ0n) is 14.7. The molecule has 28 heavy (non-hydrogen) atoms. The first-order valence-electron chi connectivity index (χ1n) is 8.53. The summed E-state index contributed by atoms with van der Waals surface area (Å²) in [6, 6.07) is 4.49. The molecule has 2 aliphatic rings. The molecule has 9 nitrogen and oxygen atoms in total. The van der Waals surface area contributed by atoms with E-state index >= 15 is 0 Å². The number of nitrogens with zero attached hydrogens (tertiary/aromatic N) is 2. The fraction of sp³-hybridized carbons (Fsp3) is 0.353. The van der Waals surface area contributed by atoms with Crippen LogP contribution in [0.2, 0.25) is 0 Å². The molecular weight excluding hydrogens is 452 g/mol. The smallest absolute Gasteiger partial charge is 0.314 e. The number of fused-ring (bicyclic) bond motifs is 1. The predicted octanol–water partition coefficient (Wildman–Crippen LogP) is 1.43. The number of hydrogen-bond acceptors (Lipinski definition) is 6. The molecule has 0 unspecified atom stereocenters. The van der Waals surface area contributed by atoms with Crippen LogP contribution in [0.1, 0.15) is 27.1 Å². The number of benzene rings is 1. The normalized spacial score (nSPS) is 16.0. The van der Waals surface area contributed by atoms with Gasteiger partial charge in [-0.25, -0.2) is 4.79 Å². The van der Waals surface area contributed by atoms with Crippen molar-refractivity contribution in [3.63, 3.8) is 0 Å². The summed E-state index contributed by atoms with van der Waals surface area (Å²) in [5.41, 5.74) is 0.748. The molecule has 0 spiro atoms. The molecule has 1 aromatic rings. The summed E-state index contributed by atoms with van der Waals surface area (Å²) < 4.78 is 0.725. The van der Waals surface area contributed by atoms with Crippen LogP contribution in [0.25, 0.3) is 0 Å². The van der Waals surface area contributed by atoms with E-state index in [9.17, 15) is 24.0 Å². The molecule has 1 saturated heterocycles. The van der Waals surface area contributed by atoms with Crippen LogP contribution < -0.4 is 10.6 Å². The SMILES string of the molecule is O=C(NCCCN1C(=O)c2ccc(Br)cc2C1=O)NCCN1C(=O)CSC1=O. The van der Waals surface area contributed by atoms with Crippen molar-refractivity contribution in [2.24, 2.45) is 0 Å². The van der Waals surface area contributed by atoms with E-state index in [1.807, 2.05) is 0 Å². The summed E-state index contributed by atoms with van der Waals surface area (Å²) in [5, 5.41) is 4.87. The highest BCUT2D eigenvalue weighted by molar-refractivity contribution is 9.10. The van der Waals surface area contributed by atoms with Crippen molar-refractivity contribution >= 4 is 56.7 Å². The number of carbonyl (C=O) groups excluding carboxylic acids is 5. The quantitative estimate of drug-likeness (QED) is 0.461. The van der Waals surface area contributed by atoms with E-state index in [4.69, 9.17) is 0 Å². The Labute approximate surface area is 173 Å². The molecule has 148 valence electrons. The van der Waals surface area contributed by atoms with Crippen molar-refractivity contribution in [2.75, 3.05) is 31.9 Å². The summed E-state index contributed by atoms with van der Waals surface area (Å²) in [6.07, 6.45) is 0.403. The fourth-order valence-electron chi connectivity index (χ4n) is 2.85. The molecule has 1 fully saturated rings. The van der Waals surface area contributed by atoms with Gasteiger partial charge in [0.2, 0.25) is 5.91 Å². The first kappa shape index (κ1) is 20.3. The van der Waals surface area contributed by atoms with Gasteiger partial charge < -0.3 is 10.6 Å². The number of hydrogen-bond donors (Lipinski definition) is 2. The topological polar surface area (TPSA) is 116 Å². The molecule has 0 bridgehead atoms. The average Bonchev–Trinajstić information content (AvgIpc) is 3.10. The van der Waals surface area contributed by atoms with E-state index in [0.29, 0.717) is 17.5 Å². The molecule has 1 aromatic carbocycles. The van der Waals surface area contributed by atoms with Crippen LogP contribution >= 0.6 is 27.7 Å². The minimum atomic E-state index is -0.446. The molecule has 11 heteroatoms. The predicted molar refractivity (Wildman–Crippen MR) is 105 cm³/mol. The number of carbonyl (C=O) groups is 5. The second-order valence-electron chi connectivity index (χ2n) is 6.09. The van der Waals surface area contributed by atoms with Gasteiger partial charge in [-0.3, -0.25) is 29.0 Å². The van der Waals surface area contributed by atoms with Crippen molar-refractivity contribution in [1.29, 1.82) is 0 Å². The highest BCUT2D eigenvalue weighted by Gasteiger charge is 2.35. The number of amides is 6. The summed E-state index contributed by atoms with van der Waals surface area (Å²) in [4.78, 5) is 61.5. The zero-order chi connectivity index (χ0) is 20.3. The molecule has 3 rings (SSSR count). The highest BCUT2D eigenvalue weighted by Crippen LogP contribution is 2.26. The average molecular weight is 469 g/mol. The summed E-state index contributed by atoms with van der Waals surface area (Å²) in [6.45, 7) is 0.735. The number of nitrogens with one attached hydrogen (secondary N) is 2. The Morgan fingerprint density at radius 2 is 1.71 bits per heavy atom. The number of urea groups is 1. The van der Waals surface area contributed by atoms with Gasteiger partial charge in [-0.1, -0.05) is 27.7 Å². The van der Waals surface area contributed by atoms with E-state index in [1.165, 1.54) is 4.90 Å². The largest absolute Gasteiger partial charge is 0.338 e. The third-order valence-electron chi connectivity index (χ3n) is 4.24. The van der Waals surface area contributed by atoms with E-state index in [1.54, 1.807) is 18.2 Å². The van der Waals surface area contributed by atoms with Crippen LogP contribution in [0.15, 0.2) is 22.7 Å². The van der Waals surface area contributed by atoms with Crippen molar-refractivity contribution in [1.82, 2.24) is 20.4 Å². The van der Waals surface area contributed by atoms with Crippen LogP contribution in [0.4, 0.5) is 9.59 Å². The Hall–Kier alpha value is -2.40. The maximum atomic E-state index is 12.3. The molecule has 0 atom stereocenters. The molecule has 2 N–H and O–H groups in total. The van der Waals surface area contributed by atoms with Gasteiger partial charge in [0.15, 0.2) is 0 Å². The lowest BCUT2D eigenvalue weighted by Crippen LogP contribution is -2.42. The Kier molecular flexibility index (Phi) is 6.35. The molecule has 2 aliphatic heterocycles. The van der Waals surface area contributed by atoms with E-state index < -0.39 is 6.03 Å². The van der Waals surface area contributed by atoms with Crippen LogP contribution in [0.3, 0.4) is 0 Å². The molecule has 2 heterocycles. The van der Waals surface area contributed by atoms with E-state index in [-0.39, 0.29) is 54.9 Å². The Morgan fingerprint density at radius 3 is 2.43 bits per heavy atom. The molecule has 0 aliphatic carbocycles. The molecular formula is C17H17BrN4O5S. The van der Waals surface area contributed by atoms with Gasteiger partial charge >= 0.3 is 6.03 Å². The zero-order valence-corrected chi connectivity index (χ0v) is 17.1. The van der Waals surface area contributed by atoms with Gasteiger partial charge in [-0.15, -0.1) is 0 Å². The Morgan fingerprint density at radius 1 is 1.00 bits per heavy atom. The van der Waals surface area contributed by atoms with Crippen molar-refractivity contribution in [3.05, 3.63) is 33.8 Å². The number of imide groups is 2. The minimum absolute atomic E-state index is 0.128. The number of thioether (sulfide) groups is 1. The van der Waals surface area contributed by atoms with E-state index in [0.717, 1.165) is 21.1 Å². The summed E-state index contributed by atoms with van der Waals surface area (Å²) in [7, 11) is 0. The van der Waals surface area contributed by atoms with Crippen LogP contribution in [0.5, 0.6) is 0 Å². The second kappa shape index (κ2) is 8.74. The summed E-state index contributed by atoms with van der Waals surface area (Å²) in [5.74, 6) is -0.803. The lowest BCUT2D eigenvalue weighted by atomic mass is 10.1. The van der Waals surface area contributed by atoms with Gasteiger partial charge in [-0.05, 0) is 24.6 Å². The number of halogens is 1. The monoisotopic (exact) mass is 468 g/mol. The standard InChI is InChI=1S/C17H17BrN4O5S/c18-10-2-3-11-12(8-10)15(25)22(14(11)24)6-1-4-19-16(26)20-5-7-21-13(23)9-28-17(21)27/h2-3,8H,1,4-7,9H2,(H2,19,20,26). The Balaban J connectivity index is 1.36. The third-order valence-corrected chi connectivity index (χ3v) is 5.59. The molecule has 0 saturated carbocycles. The fourth-order valence-corrected chi connectivity index (χ4v) is 3.96. The maximum absolute atomic E-state index is 12.3. The first-order valence-corrected chi connectivity index (χ1v) is 10.3. The third kappa shape index (κ3) is 4.36. The van der Waals surface area contributed by atoms with Gasteiger partial charge in [0.05, 0.1) is 16.9 Å². The minimum Gasteiger partial charge on any atom is -0.338 e. The van der Waals surface area contributed by atoms with Crippen molar-refractivity contribution in [3.8, 4) is 0 Å². The van der Waals surface area contributed by atoms with Gasteiger partial charge in [0, 0.05) is 30.7 Å².